The Balaban J connectivity index is 2.54. The van der Waals surface area contributed by atoms with Crippen molar-refractivity contribution in [3.05, 3.63) is 40.6 Å². The van der Waals surface area contributed by atoms with E-state index in [4.69, 9.17) is 0 Å². The summed E-state index contributed by atoms with van der Waals surface area (Å²) in [5, 5.41) is 3.13. The Morgan fingerprint density at radius 2 is 2.21 bits per heavy atom. The summed E-state index contributed by atoms with van der Waals surface area (Å²) in [6, 6.07) is 4.76. The van der Waals surface area contributed by atoms with E-state index < -0.39 is 0 Å². The van der Waals surface area contributed by atoms with Gasteiger partial charge in [0, 0.05) is 16.7 Å². The van der Waals surface area contributed by atoms with Gasteiger partial charge in [-0.2, -0.15) is 0 Å². The molecule has 0 saturated carbocycles. The van der Waals surface area contributed by atoms with Crippen LogP contribution in [-0.2, 0) is 0 Å². The maximum absolute atomic E-state index is 12.9. The van der Waals surface area contributed by atoms with Crippen molar-refractivity contribution in [2.24, 2.45) is 0 Å². The van der Waals surface area contributed by atoms with Gasteiger partial charge in [0.05, 0.1) is 0 Å². The van der Waals surface area contributed by atoms with Gasteiger partial charge >= 0.3 is 0 Å². The lowest BCUT2D eigenvalue weighted by Crippen LogP contribution is -2.01. The quantitative estimate of drug-likeness (QED) is 0.806. The molecule has 0 aliphatic carbocycles. The highest BCUT2D eigenvalue weighted by molar-refractivity contribution is 9.10. The van der Waals surface area contributed by atoms with Crippen molar-refractivity contribution in [2.75, 3.05) is 11.9 Å². The van der Waals surface area contributed by atoms with Crippen LogP contribution in [0.1, 0.15) is 13.3 Å². The first-order chi connectivity index (χ1) is 6.58. The zero-order valence-electron chi connectivity index (χ0n) is 8.11. The number of nitrogens with one attached hydrogen (secondary N) is 1. The normalized spacial score (nSPS) is 9.93. The molecule has 1 nitrogen and oxygen atoms in total. The van der Waals surface area contributed by atoms with Gasteiger partial charge in [-0.15, -0.1) is 6.58 Å². The number of rotatable bonds is 4. The lowest BCUT2D eigenvalue weighted by Gasteiger charge is -2.06. The minimum absolute atomic E-state index is 0.239. The van der Waals surface area contributed by atoms with Crippen LogP contribution in [-0.4, -0.2) is 6.54 Å². The third-order valence-electron chi connectivity index (χ3n) is 1.74. The molecule has 0 fully saturated rings. The Morgan fingerprint density at radius 3 is 2.79 bits per heavy atom. The summed E-state index contributed by atoms with van der Waals surface area (Å²) >= 11 is 3.24. The Morgan fingerprint density at radius 1 is 1.50 bits per heavy atom. The summed E-state index contributed by atoms with van der Waals surface area (Å²) < 4.78 is 13.7. The van der Waals surface area contributed by atoms with Crippen molar-refractivity contribution < 1.29 is 4.39 Å². The second-order valence-electron chi connectivity index (χ2n) is 3.29. The molecule has 0 amide bonds. The van der Waals surface area contributed by atoms with Gasteiger partial charge in [-0.25, -0.2) is 4.39 Å². The molecule has 1 aromatic carbocycles. The first kappa shape index (κ1) is 11.2. The van der Waals surface area contributed by atoms with E-state index in [-0.39, 0.29) is 5.82 Å². The van der Waals surface area contributed by atoms with Crippen molar-refractivity contribution in [2.45, 2.75) is 13.3 Å². The summed E-state index contributed by atoms with van der Waals surface area (Å²) in [4.78, 5) is 0. The van der Waals surface area contributed by atoms with E-state index in [0.717, 1.165) is 28.7 Å². The molecule has 0 aliphatic heterocycles. The second-order valence-corrected chi connectivity index (χ2v) is 4.21. The maximum atomic E-state index is 12.9. The number of benzene rings is 1. The van der Waals surface area contributed by atoms with Gasteiger partial charge < -0.3 is 5.32 Å². The monoisotopic (exact) mass is 257 g/mol. The second kappa shape index (κ2) is 5.15. The number of hydrogen-bond acceptors (Lipinski definition) is 1. The fraction of sp³-hybridized carbons (Fsp3) is 0.273. The average molecular weight is 258 g/mol. The van der Waals surface area contributed by atoms with E-state index in [2.05, 4.69) is 27.8 Å². The van der Waals surface area contributed by atoms with E-state index in [1.807, 2.05) is 13.0 Å². The standard InChI is InChI=1S/C11H13BrFN/c1-8(2)3-4-14-11-6-9(12)5-10(13)7-11/h5-7,14H,1,3-4H2,2H3. The largest absolute Gasteiger partial charge is 0.385 e. The van der Waals surface area contributed by atoms with Crippen molar-refractivity contribution in [3.8, 4) is 0 Å². The molecule has 76 valence electrons. The van der Waals surface area contributed by atoms with Crippen molar-refractivity contribution in [3.63, 3.8) is 0 Å². The van der Waals surface area contributed by atoms with E-state index >= 15 is 0 Å². The number of hydrogen-bond donors (Lipinski definition) is 1. The Kier molecular flexibility index (Phi) is 4.14. The summed E-state index contributed by atoms with van der Waals surface area (Å²) in [5.41, 5.74) is 1.91. The highest BCUT2D eigenvalue weighted by Gasteiger charge is 1.97. The smallest absolute Gasteiger partial charge is 0.126 e. The van der Waals surface area contributed by atoms with Crippen LogP contribution < -0.4 is 5.32 Å². The minimum atomic E-state index is -0.239. The van der Waals surface area contributed by atoms with E-state index in [9.17, 15) is 4.39 Å². The van der Waals surface area contributed by atoms with E-state index in [1.165, 1.54) is 12.1 Å². The number of halogens is 2. The SMILES string of the molecule is C=C(C)CCNc1cc(F)cc(Br)c1. The molecule has 0 heterocycles. The highest BCUT2D eigenvalue weighted by Crippen LogP contribution is 2.18. The molecule has 0 bridgehead atoms. The van der Waals surface area contributed by atoms with Crippen LogP contribution >= 0.6 is 15.9 Å². The Labute approximate surface area is 92.1 Å². The van der Waals surface area contributed by atoms with Gasteiger partial charge in [-0.05, 0) is 31.5 Å². The molecule has 0 spiro atoms. The molecule has 0 radical (unpaired) electrons. The maximum Gasteiger partial charge on any atom is 0.126 e. The van der Waals surface area contributed by atoms with Gasteiger partial charge in [0.25, 0.3) is 0 Å². The van der Waals surface area contributed by atoms with Crippen LogP contribution in [0, 0.1) is 5.82 Å². The Hall–Kier alpha value is -0.830. The number of anilines is 1. The fourth-order valence-electron chi connectivity index (χ4n) is 1.08. The fourth-order valence-corrected chi connectivity index (χ4v) is 1.54. The molecule has 0 aliphatic rings. The predicted molar refractivity (Wildman–Crippen MR) is 62.0 cm³/mol. The van der Waals surface area contributed by atoms with Gasteiger partial charge in [0.1, 0.15) is 5.82 Å². The zero-order valence-corrected chi connectivity index (χ0v) is 9.70. The minimum Gasteiger partial charge on any atom is -0.385 e. The van der Waals surface area contributed by atoms with Gasteiger partial charge in [0.2, 0.25) is 0 Å². The molecule has 0 unspecified atom stereocenters. The van der Waals surface area contributed by atoms with Crippen molar-refractivity contribution >= 4 is 21.6 Å². The molecule has 3 heteroatoms. The zero-order chi connectivity index (χ0) is 10.6. The molecule has 0 aromatic heterocycles. The Bertz CT molecular complexity index is 316. The highest BCUT2D eigenvalue weighted by atomic mass is 79.9. The molecule has 1 rings (SSSR count). The van der Waals surface area contributed by atoms with E-state index in [1.54, 1.807) is 0 Å². The molecular formula is C11H13BrFN. The topological polar surface area (TPSA) is 12.0 Å². The van der Waals surface area contributed by atoms with Crippen LogP contribution in [0.4, 0.5) is 10.1 Å². The van der Waals surface area contributed by atoms with Gasteiger partial charge in [-0.1, -0.05) is 21.5 Å². The molecule has 1 aromatic rings. The summed E-state index contributed by atoms with van der Waals surface area (Å²) in [6.45, 7) is 6.56. The molecular weight excluding hydrogens is 245 g/mol. The molecule has 1 N–H and O–H groups in total. The van der Waals surface area contributed by atoms with Crippen LogP contribution in [0.15, 0.2) is 34.8 Å². The third kappa shape index (κ3) is 3.92. The van der Waals surface area contributed by atoms with Gasteiger partial charge in [-0.3, -0.25) is 0 Å². The summed E-state index contributed by atoms with van der Waals surface area (Å²) in [5.74, 6) is -0.239. The van der Waals surface area contributed by atoms with Crippen LogP contribution in [0.2, 0.25) is 0 Å². The van der Waals surface area contributed by atoms with E-state index in [0.29, 0.717) is 0 Å². The summed E-state index contributed by atoms with van der Waals surface area (Å²) in [6.07, 6.45) is 0.897. The first-order valence-corrected chi connectivity index (χ1v) is 5.21. The van der Waals surface area contributed by atoms with Crippen molar-refractivity contribution in [1.29, 1.82) is 0 Å². The molecule has 14 heavy (non-hydrogen) atoms. The molecule has 0 atom stereocenters. The van der Waals surface area contributed by atoms with Crippen LogP contribution in [0.25, 0.3) is 0 Å². The lowest BCUT2D eigenvalue weighted by atomic mass is 10.2. The lowest BCUT2D eigenvalue weighted by molar-refractivity contribution is 0.627. The first-order valence-electron chi connectivity index (χ1n) is 4.42. The van der Waals surface area contributed by atoms with Gasteiger partial charge in [0.15, 0.2) is 0 Å². The predicted octanol–water partition coefficient (Wildman–Crippen LogP) is 3.97. The van der Waals surface area contributed by atoms with Crippen molar-refractivity contribution in [1.82, 2.24) is 0 Å². The summed E-state index contributed by atoms with van der Waals surface area (Å²) in [7, 11) is 0. The van der Waals surface area contributed by atoms with Crippen LogP contribution in [0.3, 0.4) is 0 Å². The average Bonchev–Trinajstić information content (AvgIpc) is 2.01. The third-order valence-corrected chi connectivity index (χ3v) is 2.20. The molecule has 0 saturated heterocycles. The van der Waals surface area contributed by atoms with Crippen LogP contribution in [0.5, 0.6) is 0 Å².